The molecule has 1 aromatic carbocycles. The molecule has 1 rings (SSSR count). The Morgan fingerprint density at radius 3 is 2.10 bits per heavy atom. The summed E-state index contributed by atoms with van der Waals surface area (Å²) in [4.78, 5) is 11.0. The van der Waals surface area contributed by atoms with E-state index in [-0.39, 0.29) is 15.1 Å². The number of hydrogen-bond donors (Lipinski definition) is 1. The van der Waals surface area contributed by atoms with Gasteiger partial charge in [-0.05, 0) is 19.9 Å². The van der Waals surface area contributed by atoms with Crippen LogP contribution in [0.4, 0.5) is 8.78 Å². The van der Waals surface area contributed by atoms with Crippen LogP contribution in [0.2, 0.25) is 20.1 Å². The van der Waals surface area contributed by atoms with Crippen LogP contribution in [0.3, 0.4) is 0 Å². The molecule has 20 heavy (non-hydrogen) atoms. The molecule has 0 aliphatic carbocycles. The quantitative estimate of drug-likeness (QED) is 0.533. The summed E-state index contributed by atoms with van der Waals surface area (Å²) < 4.78 is 28.6. The van der Waals surface area contributed by atoms with Gasteiger partial charge < -0.3 is 5.11 Å². The highest BCUT2D eigenvalue weighted by molar-refractivity contribution is 6.49. The van der Waals surface area contributed by atoms with E-state index in [1.165, 1.54) is 13.8 Å². The van der Waals surface area contributed by atoms with Crippen LogP contribution < -0.4 is 0 Å². The van der Waals surface area contributed by atoms with Gasteiger partial charge in [0.05, 0.1) is 31.1 Å². The average molecular weight is 366 g/mol. The molecular formula is C12H10Cl4F2O2. The van der Waals surface area contributed by atoms with Crippen LogP contribution in [0.1, 0.15) is 25.8 Å². The van der Waals surface area contributed by atoms with Crippen LogP contribution in [0.5, 0.6) is 0 Å². The smallest absolute Gasteiger partial charge is 0.309 e. The molecule has 0 aromatic heterocycles. The summed E-state index contributed by atoms with van der Waals surface area (Å²) in [6.07, 6.45) is -0.979. The first-order valence-electron chi connectivity index (χ1n) is 5.35. The van der Waals surface area contributed by atoms with Crippen molar-refractivity contribution in [2.75, 3.05) is 0 Å². The normalized spacial score (nSPS) is 12.6. The van der Waals surface area contributed by atoms with Gasteiger partial charge in [0.25, 0.3) is 5.92 Å². The fourth-order valence-electron chi connectivity index (χ4n) is 1.62. The average Bonchev–Trinajstić information content (AvgIpc) is 2.23. The third-order valence-corrected chi connectivity index (χ3v) is 4.28. The topological polar surface area (TPSA) is 37.3 Å². The van der Waals surface area contributed by atoms with Crippen molar-refractivity contribution in [1.29, 1.82) is 0 Å². The first kappa shape index (κ1) is 17.8. The summed E-state index contributed by atoms with van der Waals surface area (Å²) in [6, 6.07) is 1.05. The van der Waals surface area contributed by atoms with Crippen molar-refractivity contribution < 1.29 is 18.7 Å². The lowest BCUT2D eigenvalue weighted by Gasteiger charge is -2.27. The number of aliphatic carboxylic acids is 1. The zero-order valence-electron chi connectivity index (χ0n) is 10.4. The molecule has 0 spiro atoms. The van der Waals surface area contributed by atoms with Crippen molar-refractivity contribution in [1.82, 2.24) is 0 Å². The molecule has 0 fully saturated rings. The summed E-state index contributed by atoms with van der Waals surface area (Å²) >= 11 is 22.9. The molecule has 0 atom stereocenters. The maximum absolute atomic E-state index is 14.3. The second kappa shape index (κ2) is 5.84. The van der Waals surface area contributed by atoms with Crippen molar-refractivity contribution in [3.63, 3.8) is 0 Å². The summed E-state index contributed by atoms with van der Waals surface area (Å²) in [5.74, 6) is -4.92. The minimum Gasteiger partial charge on any atom is -0.481 e. The Balaban J connectivity index is 3.37. The fourth-order valence-corrected chi connectivity index (χ4v) is 2.81. The van der Waals surface area contributed by atoms with Gasteiger partial charge in [-0.2, -0.15) is 0 Å². The van der Waals surface area contributed by atoms with Crippen molar-refractivity contribution in [3.8, 4) is 0 Å². The molecule has 1 aromatic rings. The molecule has 0 saturated carbocycles. The van der Waals surface area contributed by atoms with Gasteiger partial charge in [0, 0.05) is 6.42 Å². The zero-order chi connectivity index (χ0) is 15.9. The van der Waals surface area contributed by atoms with E-state index in [4.69, 9.17) is 51.5 Å². The van der Waals surface area contributed by atoms with E-state index in [2.05, 4.69) is 0 Å². The Hall–Kier alpha value is -0.290. The SMILES string of the molecule is CC(C)(CC(F)(F)c1c(Cl)cc(Cl)c(Cl)c1Cl)C(=O)O. The van der Waals surface area contributed by atoms with E-state index in [0.29, 0.717) is 0 Å². The van der Waals surface area contributed by atoms with Crippen LogP contribution in [0, 0.1) is 5.41 Å². The van der Waals surface area contributed by atoms with Gasteiger partial charge in [-0.25, -0.2) is 8.78 Å². The van der Waals surface area contributed by atoms with Crippen LogP contribution in [0.25, 0.3) is 0 Å². The predicted molar refractivity (Wildman–Crippen MR) is 76.4 cm³/mol. The molecule has 0 amide bonds. The van der Waals surface area contributed by atoms with Crippen LogP contribution in [-0.2, 0) is 10.7 Å². The standard InChI is InChI=1S/C12H10Cl4F2O2/c1-11(2,10(19)20)4-12(17,18)7-5(13)3-6(14)8(15)9(7)16/h3H,4H2,1-2H3,(H,19,20). The number of alkyl halides is 2. The molecule has 0 saturated heterocycles. The molecule has 1 N–H and O–H groups in total. The molecule has 0 heterocycles. The van der Waals surface area contributed by atoms with E-state index < -0.39 is 34.3 Å². The first-order chi connectivity index (χ1) is 8.90. The number of hydrogen-bond acceptors (Lipinski definition) is 1. The lowest BCUT2D eigenvalue weighted by molar-refractivity contribution is -0.153. The van der Waals surface area contributed by atoms with E-state index >= 15 is 0 Å². The van der Waals surface area contributed by atoms with Crippen molar-refractivity contribution in [2.24, 2.45) is 5.41 Å². The maximum Gasteiger partial charge on any atom is 0.309 e. The maximum atomic E-state index is 14.3. The number of carboxylic acid groups (broad SMARTS) is 1. The Labute approximate surface area is 134 Å². The number of halogens is 6. The van der Waals surface area contributed by atoms with Gasteiger partial charge in [-0.1, -0.05) is 46.4 Å². The second-order valence-corrected chi connectivity index (χ2v) is 6.48. The van der Waals surface area contributed by atoms with Crippen LogP contribution in [0.15, 0.2) is 6.07 Å². The second-order valence-electron chi connectivity index (χ2n) is 4.91. The summed E-state index contributed by atoms with van der Waals surface area (Å²) in [5.41, 5.74) is -2.38. The monoisotopic (exact) mass is 364 g/mol. The molecule has 0 aliphatic heterocycles. The van der Waals surface area contributed by atoms with Gasteiger partial charge in [-0.3, -0.25) is 4.79 Å². The number of carboxylic acids is 1. The van der Waals surface area contributed by atoms with Gasteiger partial charge in [0.15, 0.2) is 0 Å². The summed E-state index contributed by atoms with van der Waals surface area (Å²) in [7, 11) is 0. The highest BCUT2D eigenvalue weighted by Gasteiger charge is 2.45. The highest BCUT2D eigenvalue weighted by atomic mass is 35.5. The molecule has 0 bridgehead atoms. The number of rotatable bonds is 4. The third-order valence-electron chi connectivity index (χ3n) is 2.72. The Morgan fingerprint density at radius 1 is 1.15 bits per heavy atom. The van der Waals surface area contributed by atoms with E-state index in [1.54, 1.807) is 0 Å². The molecule has 2 nitrogen and oxygen atoms in total. The largest absolute Gasteiger partial charge is 0.481 e. The van der Waals surface area contributed by atoms with E-state index in [9.17, 15) is 13.6 Å². The van der Waals surface area contributed by atoms with Crippen LogP contribution in [-0.4, -0.2) is 11.1 Å². The summed E-state index contributed by atoms with van der Waals surface area (Å²) in [5, 5.41) is 7.79. The van der Waals surface area contributed by atoms with Gasteiger partial charge in [0.2, 0.25) is 0 Å². The Kier molecular flexibility index (Phi) is 5.18. The molecule has 8 heteroatoms. The minimum atomic E-state index is -3.57. The minimum absolute atomic E-state index is 0.0567. The molecule has 112 valence electrons. The first-order valence-corrected chi connectivity index (χ1v) is 6.86. The van der Waals surface area contributed by atoms with Gasteiger partial charge in [-0.15, -0.1) is 0 Å². The fraction of sp³-hybridized carbons (Fsp3) is 0.417. The third kappa shape index (κ3) is 3.48. The van der Waals surface area contributed by atoms with Gasteiger partial charge >= 0.3 is 5.97 Å². The van der Waals surface area contributed by atoms with Crippen molar-refractivity contribution in [3.05, 3.63) is 31.7 Å². The molecular weight excluding hydrogens is 356 g/mol. The summed E-state index contributed by atoms with van der Waals surface area (Å²) in [6.45, 7) is 2.37. The molecule has 0 radical (unpaired) electrons. The van der Waals surface area contributed by atoms with E-state index in [1.807, 2.05) is 0 Å². The molecule has 0 aliphatic rings. The van der Waals surface area contributed by atoms with Crippen molar-refractivity contribution in [2.45, 2.75) is 26.2 Å². The zero-order valence-corrected chi connectivity index (χ0v) is 13.4. The predicted octanol–water partition coefficient (Wildman–Crippen LogP) is 5.89. The molecule has 0 unspecified atom stereocenters. The lowest BCUT2D eigenvalue weighted by Crippen LogP contribution is -2.31. The highest BCUT2D eigenvalue weighted by Crippen LogP contribution is 2.49. The van der Waals surface area contributed by atoms with E-state index in [0.717, 1.165) is 6.07 Å². The van der Waals surface area contributed by atoms with Gasteiger partial charge in [0.1, 0.15) is 0 Å². The Morgan fingerprint density at radius 2 is 1.65 bits per heavy atom. The van der Waals surface area contributed by atoms with Crippen LogP contribution >= 0.6 is 46.4 Å². The Bertz CT molecular complexity index is 559. The number of carbonyl (C=O) groups is 1. The lowest BCUT2D eigenvalue weighted by atomic mass is 9.84. The number of benzene rings is 1. The van der Waals surface area contributed by atoms with Crippen molar-refractivity contribution >= 4 is 52.4 Å².